The Bertz CT molecular complexity index is 687. The van der Waals surface area contributed by atoms with Crippen molar-refractivity contribution in [2.75, 3.05) is 6.79 Å². The van der Waals surface area contributed by atoms with E-state index in [0.717, 1.165) is 5.56 Å². The third kappa shape index (κ3) is 2.67. The van der Waals surface area contributed by atoms with Crippen molar-refractivity contribution in [2.24, 2.45) is 0 Å². The maximum atomic E-state index is 13.6. The van der Waals surface area contributed by atoms with Crippen molar-refractivity contribution in [3.05, 3.63) is 59.4 Å². The topological polar surface area (TPSA) is 47.6 Å². The lowest BCUT2D eigenvalue weighted by Gasteiger charge is -2.15. The number of halogens is 1. The lowest BCUT2D eigenvalue weighted by molar-refractivity contribution is 0.0935. The molecule has 108 valence electrons. The molecule has 0 unspecified atom stereocenters. The molecule has 0 bridgehead atoms. The monoisotopic (exact) mass is 287 g/mol. The largest absolute Gasteiger partial charge is 0.454 e. The van der Waals surface area contributed by atoms with Gasteiger partial charge in [0.05, 0.1) is 11.6 Å². The first-order chi connectivity index (χ1) is 10.1. The molecule has 5 heteroatoms. The highest BCUT2D eigenvalue weighted by molar-refractivity contribution is 5.94. The van der Waals surface area contributed by atoms with Gasteiger partial charge in [0.2, 0.25) is 6.79 Å². The van der Waals surface area contributed by atoms with E-state index in [9.17, 15) is 9.18 Å². The summed E-state index contributed by atoms with van der Waals surface area (Å²) in [5, 5.41) is 2.77. The van der Waals surface area contributed by atoms with E-state index in [4.69, 9.17) is 9.47 Å². The Morgan fingerprint density at radius 1 is 1.19 bits per heavy atom. The first-order valence-corrected chi connectivity index (χ1v) is 6.60. The fourth-order valence-corrected chi connectivity index (χ4v) is 2.19. The van der Waals surface area contributed by atoms with Crippen molar-refractivity contribution in [3.8, 4) is 11.5 Å². The predicted molar refractivity (Wildman–Crippen MR) is 74.8 cm³/mol. The van der Waals surface area contributed by atoms with Crippen molar-refractivity contribution in [3.63, 3.8) is 0 Å². The number of fused-ring (bicyclic) bond motifs is 1. The van der Waals surface area contributed by atoms with Gasteiger partial charge in [0.15, 0.2) is 11.5 Å². The van der Waals surface area contributed by atoms with E-state index < -0.39 is 11.7 Å². The van der Waals surface area contributed by atoms with Crippen LogP contribution in [0.5, 0.6) is 11.5 Å². The summed E-state index contributed by atoms with van der Waals surface area (Å²) in [6.45, 7) is 2.03. The Morgan fingerprint density at radius 2 is 1.95 bits per heavy atom. The maximum Gasteiger partial charge on any atom is 0.254 e. The van der Waals surface area contributed by atoms with E-state index in [1.807, 2.05) is 19.1 Å². The summed E-state index contributed by atoms with van der Waals surface area (Å²) in [5.41, 5.74) is 0.897. The standard InChI is InChI=1S/C16H14FNO3/c1-10(11-6-7-14-15(8-11)21-9-20-14)18-16(19)12-4-2-3-5-13(12)17/h2-8,10H,9H2,1H3,(H,18,19)/t10-/m0/s1. The number of rotatable bonds is 3. The number of nitrogens with one attached hydrogen (secondary N) is 1. The molecular formula is C16H14FNO3. The quantitative estimate of drug-likeness (QED) is 0.944. The highest BCUT2D eigenvalue weighted by atomic mass is 19.1. The molecular weight excluding hydrogens is 273 g/mol. The Balaban J connectivity index is 1.76. The van der Waals surface area contributed by atoms with Gasteiger partial charge in [0.1, 0.15) is 5.82 Å². The summed E-state index contributed by atoms with van der Waals surface area (Å²) in [7, 11) is 0. The molecule has 1 heterocycles. The van der Waals surface area contributed by atoms with Crippen molar-refractivity contribution in [1.29, 1.82) is 0 Å². The summed E-state index contributed by atoms with van der Waals surface area (Å²) in [6.07, 6.45) is 0. The van der Waals surface area contributed by atoms with Gasteiger partial charge in [-0.15, -0.1) is 0 Å². The lowest BCUT2D eigenvalue weighted by Crippen LogP contribution is -2.27. The Kier molecular flexibility index (Phi) is 3.48. The van der Waals surface area contributed by atoms with Crippen LogP contribution in [0.15, 0.2) is 42.5 Å². The smallest absolute Gasteiger partial charge is 0.254 e. The number of benzene rings is 2. The molecule has 0 radical (unpaired) electrons. The third-order valence-electron chi connectivity index (χ3n) is 3.36. The summed E-state index contributed by atoms with van der Waals surface area (Å²) in [4.78, 5) is 12.1. The molecule has 2 aromatic carbocycles. The molecule has 4 nitrogen and oxygen atoms in total. The van der Waals surface area contributed by atoms with Gasteiger partial charge in [-0.2, -0.15) is 0 Å². The van der Waals surface area contributed by atoms with E-state index in [1.54, 1.807) is 18.2 Å². The van der Waals surface area contributed by atoms with E-state index >= 15 is 0 Å². The Labute approximate surface area is 121 Å². The fourth-order valence-electron chi connectivity index (χ4n) is 2.19. The van der Waals surface area contributed by atoms with Gasteiger partial charge in [-0.05, 0) is 36.8 Å². The molecule has 1 N–H and O–H groups in total. The van der Waals surface area contributed by atoms with E-state index in [-0.39, 0.29) is 18.4 Å². The minimum Gasteiger partial charge on any atom is -0.454 e. The molecule has 21 heavy (non-hydrogen) atoms. The number of hydrogen-bond donors (Lipinski definition) is 1. The molecule has 0 saturated carbocycles. The Morgan fingerprint density at radius 3 is 2.76 bits per heavy atom. The van der Waals surface area contributed by atoms with Gasteiger partial charge >= 0.3 is 0 Å². The average molecular weight is 287 g/mol. The van der Waals surface area contributed by atoms with Gasteiger partial charge in [0, 0.05) is 0 Å². The van der Waals surface area contributed by atoms with Crippen LogP contribution in [0.4, 0.5) is 4.39 Å². The first kappa shape index (κ1) is 13.4. The summed E-state index contributed by atoms with van der Waals surface area (Å²) >= 11 is 0. The SMILES string of the molecule is C[C@H](NC(=O)c1ccccc1F)c1ccc2c(c1)OCO2. The van der Waals surface area contributed by atoms with Crippen LogP contribution in [-0.2, 0) is 0 Å². The van der Waals surface area contributed by atoms with Gasteiger partial charge in [-0.3, -0.25) is 4.79 Å². The number of ether oxygens (including phenoxy) is 2. The zero-order valence-corrected chi connectivity index (χ0v) is 11.4. The molecule has 0 aromatic heterocycles. The molecule has 1 aliphatic rings. The van der Waals surface area contributed by atoms with Gasteiger partial charge in [-0.25, -0.2) is 4.39 Å². The number of carbonyl (C=O) groups excluding carboxylic acids is 1. The van der Waals surface area contributed by atoms with Gasteiger partial charge in [-0.1, -0.05) is 18.2 Å². The Hall–Kier alpha value is -2.56. The van der Waals surface area contributed by atoms with Crippen molar-refractivity contribution >= 4 is 5.91 Å². The van der Waals surface area contributed by atoms with Crippen LogP contribution in [0, 0.1) is 5.82 Å². The molecule has 1 amide bonds. The second kappa shape index (κ2) is 5.44. The molecule has 2 aromatic rings. The van der Waals surface area contributed by atoms with Crippen LogP contribution >= 0.6 is 0 Å². The summed E-state index contributed by atoms with van der Waals surface area (Å²) in [5.74, 6) is 0.358. The molecule has 3 rings (SSSR count). The zero-order valence-electron chi connectivity index (χ0n) is 11.4. The molecule has 0 saturated heterocycles. The molecule has 0 fully saturated rings. The molecule has 0 aliphatic carbocycles. The van der Waals surface area contributed by atoms with Gasteiger partial charge < -0.3 is 14.8 Å². The van der Waals surface area contributed by atoms with E-state index in [0.29, 0.717) is 11.5 Å². The fraction of sp³-hybridized carbons (Fsp3) is 0.188. The van der Waals surface area contributed by atoms with Crippen LogP contribution in [0.3, 0.4) is 0 Å². The highest BCUT2D eigenvalue weighted by Crippen LogP contribution is 2.34. The molecule has 1 atom stereocenters. The van der Waals surface area contributed by atoms with Crippen molar-refractivity contribution in [1.82, 2.24) is 5.32 Å². The minimum atomic E-state index is -0.534. The van der Waals surface area contributed by atoms with Crippen LogP contribution in [0.1, 0.15) is 28.9 Å². The van der Waals surface area contributed by atoms with Crippen LogP contribution in [0.25, 0.3) is 0 Å². The van der Waals surface area contributed by atoms with E-state index in [1.165, 1.54) is 12.1 Å². The molecule has 0 spiro atoms. The van der Waals surface area contributed by atoms with E-state index in [2.05, 4.69) is 5.32 Å². The first-order valence-electron chi connectivity index (χ1n) is 6.60. The number of carbonyl (C=O) groups is 1. The van der Waals surface area contributed by atoms with Gasteiger partial charge in [0.25, 0.3) is 5.91 Å². The van der Waals surface area contributed by atoms with Crippen molar-refractivity contribution < 1.29 is 18.7 Å². The lowest BCUT2D eigenvalue weighted by atomic mass is 10.1. The number of amides is 1. The number of hydrogen-bond acceptors (Lipinski definition) is 3. The maximum absolute atomic E-state index is 13.6. The average Bonchev–Trinajstić information content (AvgIpc) is 2.94. The van der Waals surface area contributed by atoms with Crippen LogP contribution in [-0.4, -0.2) is 12.7 Å². The van der Waals surface area contributed by atoms with Crippen molar-refractivity contribution in [2.45, 2.75) is 13.0 Å². The summed E-state index contributed by atoms with van der Waals surface area (Å²) < 4.78 is 24.1. The van der Waals surface area contributed by atoms with Crippen LogP contribution in [0.2, 0.25) is 0 Å². The third-order valence-corrected chi connectivity index (χ3v) is 3.36. The minimum absolute atomic E-state index is 0.0325. The van der Waals surface area contributed by atoms with Crippen LogP contribution < -0.4 is 14.8 Å². The zero-order chi connectivity index (χ0) is 14.8. The normalized spacial score (nSPS) is 13.8. The second-order valence-corrected chi connectivity index (χ2v) is 4.79. The predicted octanol–water partition coefficient (Wildman–Crippen LogP) is 3.05. The highest BCUT2D eigenvalue weighted by Gasteiger charge is 2.18. The summed E-state index contributed by atoms with van der Waals surface area (Å²) in [6, 6.07) is 11.1. The molecule has 1 aliphatic heterocycles. The second-order valence-electron chi connectivity index (χ2n) is 4.79.